The Morgan fingerprint density at radius 2 is 1.86 bits per heavy atom. The van der Waals surface area contributed by atoms with Gasteiger partial charge in [0.05, 0.1) is 0 Å². The SMILES string of the molecule is CCCCC(C)C. The van der Waals surface area contributed by atoms with E-state index in [0.717, 1.165) is 5.92 Å². The molecule has 0 heterocycles. The molecule has 0 atom stereocenters. The monoisotopic (exact) mass is 100 g/mol. The van der Waals surface area contributed by atoms with E-state index in [1.54, 1.807) is 0 Å². The first-order valence-corrected chi connectivity index (χ1v) is 3.27. The highest BCUT2D eigenvalue weighted by atomic mass is 13.9. The molecule has 0 radical (unpaired) electrons. The molecular formula is C7H16. The largest absolute Gasteiger partial charge is 0.0654 e. The molecule has 0 fully saturated rings. The molecule has 0 unspecified atom stereocenters. The molecule has 0 saturated carbocycles. The maximum atomic E-state index is 2.27. The Morgan fingerprint density at radius 1 is 1.29 bits per heavy atom. The van der Waals surface area contributed by atoms with E-state index in [1.807, 2.05) is 0 Å². The van der Waals surface area contributed by atoms with Crippen molar-refractivity contribution in [3.63, 3.8) is 0 Å². The van der Waals surface area contributed by atoms with Gasteiger partial charge in [-0.05, 0) is 5.92 Å². The van der Waals surface area contributed by atoms with E-state index in [0.29, 0.717) is 0 Å². The second-order valence-electron chi connectivity index (χ2n) is 2.54. The molecule has 0 aromatic carbocycles. The third kappa shape index (κ3) is 6.00. The average molecular weight is 100 g/mol. The Labute approximate surface area is 46.9 Å². The zero-order valence-electron chi connectivity index (χ0n) is 5.70. The smallest absolute Gasteiger partial charge is 0.0471 e. The third-order valence-electron chi connectivity index (χ3n) is 1.14. The van der Waals surface area contributed by atoms with E-state index < -0.39 is 0 Å². The standard InChI is InChI=1S/C7H16/c1-4-5-6-7(2)3/h7H,4-6H2,1-3H3. The van der Waals surface area contributed by atoms with Gasteiger partial charge in [0.25, 0.3) is 0 Å². The van der Waals surface area contributed by atoms with Crippen LogP contribution in [0.25, 0.3) is 0 Å². The molecule has 0 spiro atoms. The summed E-state index contributed by atoms with van der Waals surface area (Å²) in [6.45, 7) is 6.79. The summed E-state index contributed by atoms with van der Waals surface area (Å²) < 4.78 is 0. The Kier molecular flexibility index (Phi) is 4.17. The van der Waals surface area contributed by atoms with Gasteiger partial charge in [0, 0.05) is 0 Å². The van der Waals surface area contributed by atoms with Gasteiger partial charge in [-0.3, -0.25) is 0 Å². The van der Waals surface area contributed by atoms with Crippen LogP contribution < -0.4 is 0 Å². The maximum absolute atomic E-state index is 2.27. The van der Waals surface area contributed by atoms with Crippen LogP contribution in [0.2, 0.25) is 0 Å². The lowest BCUT2D eigenvalue weighted by Gasteiger charge is -1.98. The van der Waals surface area contributed by atoms with Crippen molar-refractivity contribution >= 4 is 0 Å². The summed E-state index contributed by atoms with van der Waals surface area (Å²) in [5, 5.41) is 0. The predicted molar refractivity (Wildman–Crippen MR) is 34.4 cm³/mol. The number of rotatable bonds is 3. The van der Waals surface area contributed by atoms with E-state index in [9.17, 15) is 0 Å². The van der Waals surface area contributed by atoms with Crippen molar-refractivity contribution in [3.8, 4) is 0 Å². The summed E-state index contributed by atoms with van der Waals surface area (Å²) in [6, 6.07) is 0. The molecule has 0 aromatic rings. The van der Waals surface area contributed by atoms with Crippen LogP contribution in [0.3, 0.4) is 0 Å². The topological polar surface area (TPSA) is 0 Å². The average Bonchev–Trinajstić information content (AvgIpc) is 1.61. The lowest BCUT2D eigenvalue weighted by Crippen LogP contribution is -1.83. The van der Waals surface area contributed by atoms with Crippen LogP contribution in [0.4, 0.5) is 0 Å². The van der Waals surface area contributed by atoms with Crippen molar-refractivity contribution < 1.29 is 0 Å². The van der Waals surface area contributed by atoms with Gasteiger partial charge in [0.2, 0.25) is 0 Å². The summed E-state index contributed by atoms with van der Waals surface area (Å²) in [4.78, 5) is 0. The molecule has 0 aliphatic carbocycles. The van der Waals surface area contributed by atoms with Crippen LogP contribution in [0.1, 0.15) is 40.0 Å². The normalized spacial score (nSPS) is 10.3. The lowest BCUT2D eigenvalue weighted by molar-refractivity contribution is 0.550. The second kappa shape index (κ2) is 4.17. The minimum Gasteiger partial charge on any atom is -0.0654 e. The highest BCUT2D eigenvalue weighted by Crippen LogP contribution is 2.04. The molecule has 0 N–H and O–H groups in total. The van der Waals surface area contributed by atoms with E-state index in [-0.39, 0.29) is 0 Å². The fourth-order valence-electron chi connectivity index (χ4n) is 0.612. The van der Waals surface area contributed by atoms with E-state index in [1.165, 1.54) is 19.3 Å². The Morgan fingerprint density at radius 3 is 2.00 bits per heavy atom. The molecule has 0 rings (SSSR count). The summed E-state index contributed by atoms with van der Waals surface area (Å²) in [7, 11) is 0. The molecule has 0 nitrogen and oxygen atoms in total. The van der Waals surface area contributed by atoms with Gasteiger partial charge >= 0.3 is 0 Å². The molecule has 7 heavy (non-hydrogen) atoms. The van der Waals surface area contributed by atoms with Gasteiger partial charge in [-0.15, -0.1) is 0 Å². The van der Waals surface area contributed by atoms with Gasteiger partial charge in [-0.1, -0.05) is 40.0 Å². The number of hydrogen-bond acceptors (Lipinski definition) is 0. The fraction of sp³-hybridized carbons (Fsp3) is 1.00. The Bertz CT molecular complexity index is 29.0. The lowest BCUT2D eigenvalue weighted by atomic mass is 10.1. The van der Waals surface area contributed by atoms with Crippen molar-refractivity contribution in [3.05, 3.63) is 0 Å². The summed E-state index contributed by atoms with van der Waals surface area (Å²) >= 11 is 0. The minimum atomic E-state index is 0.903. The maximum Gasteiger partial charge on any atom is -0.0471 e. The molecule has 0 aromatic heterocycles. The van der Waals surface area contributed by atoms with Crippen LogP contribution in [0, 0.1) is 5.92 Å². The summed E-state index contributed by atoms with van der Waals surface area (Å²) in [6.07, 6.45) is 4.15. The fourth-order valence-corrected chi connectivity index (χ4v) is 0.612. The minimum absolute atomic E-state index is 0.903. The quantitative estimate of drug-likeness (QED) is 0.511. The highest BCUT2D eigenvalue weighted by Gasteiger charge is 1.88. The molecule has 0 amide bonds. The molecule has 0 aliphatic heterocycles. The van der Waals surface area contributed by atoms with Gasteiger partial charge in [0.15, 0.2) is 0 Å². The number of hydrogen-bond donors (Lipinski definition) is 0. The molecule has 0 saturated heterocycles. The summed E-state index contributed by atoms with van der Waals surface area (Å²) in [5.74, 6) is 0.903. The third-order valence-corrected chi connectivity index (χ3v) is 1.14. The zero-order chi connectivity index (χ0) is 5.70. The molecule has 0 heteroatoms. The van der Waals surface area contributed by atoms with Crippen molar-refractivity contribution in [1.82, 2.24) is 0 Å². The predicted octanol–water partition coefficient (Wildman–Crippen LogP) is 2.83. The van der Waals surface area contributed by atoms with Crippen molar-refractivity contribution in [1.29, 1.82) is 0 Å². The van der Waals surface area contributed by atoms with Crippen LogP contribution in [-0.4, -0.2) is 0 Å². The van der Waals surface area contributed by atoms with Crippen molar-refractivity contribution in [2.75, 3.05) is 0 Å². The van der Waals surface area contributed by atoms with E-state index in [4.69, 9.17) is 0 Å². The number of unbranched alkanes of at least 4 members (excludes halogenated alkanes) is 1. The first-order valence-electron chi connectivity index (χ1n) is 3.27. The van der Waals surface area contributed by atoms with Crippen LogP contribution in [0.15, 0.2) is 0 Å². The Balaban J connectivity index is 2.68. The van der Waals surface area contributed by atoms with E-state index >= 15 is 0 Å². The highest BCUT2D eigenvalue weighted by molar-refractivity contribution is 4.42. The second-order valence-corrected chi connectivity index (χ2v) is 2.54. The van der Waals surface area contributed by atoms with Gasteiger partial charge in [0.1, 0.15) is 0 Å². The molecular weight excluding hydrogens is 84.1 g/mol. The zero-order valence-corrected chi connectivity index (χ0v) is 5.70. The van der Waals surface area contributed by atoms with Gasteiger partial charge < -0.3 is 0 Å². The van der Waals surface area contributed by atoms with Gasteiger partial charge in [-0.2, -0.15) is 0 Å². The van der Waals surface area contributed by atoms with Crippen molar-refractivity contribution in [2.45, 2.75) is 40.0 Å². The van der Waals surface area contributed by atoms with E-state index in [2.05, 4.69) is 20.8 Å². The summed E-state index contributed by atoms with van der Waals surface area (Å²) in [5.41, 5.74) is 0. The van der Waals surface area contributed by atoms with Crippen molar-refractivity contribution in [2.24, 2.45) is 5.92 Å². The molecule has 0 aliphatic rings. The van der Waals surface area contributed by atoms with Gasteiger partial charge in [-0.25, -0.2) is 0 Å². The first-order chi connectivity index (χ1) is 3.27. The Hall–Kier alpha value is 0. The van der Waals surface area contributed by atoms with Crippen LogP contribution in [-0.2, 0) is 0 Å². The molecule has 44 valence electrons. The van der Waals surface area contributed by atoms with Crippen LogP contribution in [0.5, 0.6) is 0 Å². The molecule has 0 bridgehead atoms. The van der Waals surface area contributed by atoms with Crippen LogP contribution >= 0.6 is 0 Å². The first kappa shape index (κ1) is 7.00.